The number of anilines is 1. The smallest absolute Gasteiger partial charge is 0.246 e. The first-order valence-electron chi connectivity index (χ1n) is 5.70. The fourth-order valence-electron chi connectivity index (χ4n) is 1.82. The van der Waals surface area contributed by atoms with E-state index in [0.29, 0.717) is 18.2 Å². The van der Waals surface area contributed by atoms with Crippen LogP contribution in [0.5, 0.6) is 0 Å². The molecule has 1 aliphatic rings. The molecule has 1 aromatic rings. The van der Waals surface area contributed by atoms with E-state index in [1.165, 1.54) is 17.5 Å². The molecule has 0 unspecified atom stereocenters. The monoisotopic (exact) mass is 258 g/mol. The lowest BCUT2D eigenvalue weighted by Crippen LogP contribution is -2.26. The molecule has 1 saturated carbocycles. The van der Waals surface area contributed by atoms with E-state index in [1.54, 1.807) is 14.0 Å². The molecule has 0 aromatic carbocycles. The number of nitrogens with one attached hydrogen (secondary N) is 1. The van der Waals surface area contributed by atoms with Gasteiger partial charge in [-0.15, -0.1) is 0 Å². The van der Waals surface area contributed by atoms with Crippen molar-refractivity contribution in [2.45, 2.75) is 31.1 Å². The highest BCUT2D eigenvalue weighted by atomic mass is 32.2. The number of hydrogen-bond donors (Lipinski definition) is 2. The molecule has 0 radical (unpaired) electrons. The number of hydrogen-bond acceptors (Lipinski definition) is 4. The molecule has 0 atom stereocenters. The molecule has 0 saturated heterocycles. The van der Waals surface area contributed by atoms with Gasteiger partial charge in [0.15, 0.2) is 5.82 Å². The number of nitrogens with two attached hydrogens (primary N) is 1. The summed E-state index contributed by atoms with van der Waals surface area (Å²) in [6.07, 6.45) is 3.34. The number of nitrogens with zero attached hydrogens (tertiary/aromatic N) is 2. The Kier molecular flexibility index (Phi) is 3.13. The van der Waals surface area contributed by atoms with E-state index in [9.17, 15) is 8.42 Å². The lowest BCUT2D eigenvalue weighted by molar-refractivity contribution is 0.574. The van der Waals surface area contributed by atoms with Gasteiger partial charge in [-0.3, -0.25) is 4.68 Å². The second-order valence-electron chi connectivity index (χ2n) is 4.55. The van der Waals surface area contributed by atoms with E-state index in [1.807, 2.05) is 0 Å². The topological polar surface area (TPSA) is 90.0 Å². The molecular formula is C10H18N4O2S. The SMILES string of the molecule is Cc1c(S(=O)(=O)NCCC2CC2)c(N)nn1C. The maximum absolute atomic E-state index is 12.0. The Morgan fingerprint density at radius 3 is 2.65 bits per heavy atom. The van der Waals surface area contributed by atoms with Gasteiger partial charge in [0.2, 0.25) is 10.0 Å². The average molecular weight is 258 g/mol. The molecule has 17 heavy (non-hydrogen) atoms. The van der Waals surface area contributed by atoms with Crippen molar-refractivity contribution >= 4 is 15.8 Å². The van der Waals surface area contributed by atoms with Gasteiger partial charge in [-0.1, -0.05) is 12.8 Å². The summed E-state index contributed by atoms with van der Waals surface area (Å²) in [5.74, 6) is 0.758. The highest BCUT2D eigenvalue weighted by Crippen LogP contribution is 2.32. The third-order valence-electron chi connectivity index (χ3n) is 3.11. The quantitative estimate of drug-likeness (QED) is 0.799. The molecule has 1 heterocycles. The van der Waals surface area contributed by atoms with Crippen LogP contribution < -0.4 is 10.5 Å². The summed E-state index contributed by atoms with van der Waals surface area (Å²) < 4.78 is 28.1. The van der Waals surface area contributed by atoms with Gasteiger partial charge in [0.25, 0.3) is 0 Å². The number of aryl methyl sites for hydroxylation is 1. The highest BCUT2D eigenvalue weighted by molar-refractivity contribution is 7.89. The standard InChI is InChI=1S/C10H18N4O2S/c1-7-9(10(11)13-14(7)2)17(15,16)12-6-5-8-3-4-8/h8,12H,3-6H2,1-2H3,(H2,11,13). The molecule has 0 amide bonds. The van der Waals surface area contributed by atoms with Crippen molar-refractivity contribution in [2.24, 2.45) is 13.0 Å². The molecule has 1 aromatic heterocycles. The highest BCUT2D eigenvalue weighted by Gasteiger charge is 2.26. The predicted molar refractivity (Wildman–Crippen MR) is 64.9 cm³/mol. The van der Waals surface area contributed by atoms with Gasteiger partial charge in [-0.25, -0.2) is 13.1 Å². The van der Waals surface area contributed by atoms with Crippen LogP contribution in [0.4, 0.5) is 5.82 Å². The first-order valence-corrected chi connectivity index (χ1v) is 7.19. The number of sulfonamides is 1. The van der Waals surface area contributed by atoms with Crippen molar-refractivity contribution in [1.82, 2.24) is 14.5 Å². The minimum absolute atomic E-state index is 0.0592. The van der Waals surface area contributed by atoms with Crippen molar-refractivity contribution in [3.05, 3.63) is 5.69 Å². The third-order valence-corrected chi connectivity index (χ3v) is 4.74. The minimum atomic E-state index is -3.53. The molecule has 96 valence electrons. The van der Waals surface area contributed by atoms with Crippen molar-refractivity contribution in [2.75, 3.05) is 12.3 Å². The third kappa shape index (κ3) is 2.61. The molecule has 3 N–H and O–H groups in total. The van der Waals surface area contributed by atoms with Gasteiger partial charge in [0.05, 0.1) is 5.69 Å². The van der Waals surface area contributed by atoms with E-state index in [2.05, 4.69) is 9.82 Å². The molecule has 0 spiro atoms. The summed E-state index contributed by atoms with van der Waals surface area (Å²) in [5, 5.41) is 3.91. The summed E-state index contributed by atoms with van der Waals surface area (Å²) in [5.41, 5.74) is 6.18. The van der Waals surface area contributed by atoms with Crippen LogP contribution >= 0.6 is 0 Å². The van der Waals surface area contributed by atoms with Gasteiger partial charge in [0, 0.05) is 13.6 Å². The van der Waals surface area contributed by atoms with Gasteiger partial charge in [-0.2, -0.15) is 5.10 Å². The lowest BCUT2D eigenvalue weighted by atomic mass is 10.3. The van der Waals surface area contributed by atoms with Crippen LogP contribution in [0.15, 0.2) is 4.90 Å². The van der Waals surface area contributed by atoms with E-state index in [-0.39, 0.29) is 10.7 Å². The summed E-state index contributed by atoms with van der Waals surface area (Å²) >= 11 is 0. The van der Waals surface area contributed by atoms with E-state index in [4.69, 9.17) is 5.73 Å². The fraction of sp³-hybridized carbons (Fsp3) is 0.700. The first kappa shape index (κ1) is 12.4. The molecule has 1 fully saturated rings. The maximum atomic E-state index is 12.0. The largest absolute Gasteiger partial charge is 0.381 e. The van der Waals surface area contributed by atoms with Crippen LogP contribution in [0.2, 0.25) is 0 Å². The average Bonchev–Trinajstić information content (AvgIpc) is 2.96. The molecule has 6 nitrogen and oxygen atoms in total. The van der Waals surface area contributed by atoms with Crippen LogP contribution in [0.25, 0.3) is 0 Å². The van der Waals surface area contributed by atoms with E-state index < -0.39 is 10.0 Å². The van der Waals surface area contributed by atoms with Gasteiger partial charge in [0.1, 0.15) is 4.90 Å². The minimum Gasteiger partial charge on any atom is -0.381 e. The first-order chi connectivity index (χ1) is 7.92. The van der Waals surface area contributed by atoms with Crippen molar-refractivity contribution in [3.8, 4) is 0 Å². The molecule has 0 bridgehead atoms. The van der Waals surface area contributed by atoms with Crippen molar-refractivity contribution in [1.29, 1.82) is 0 Å². The maximum Gasteiger partial charge on any atom is 0.246 e. The lowest BCUT2D eigenvalue weighted by Gasteiger charge is -2.06. The van der Waals surface area contributed by atoms with Crippen molar-refractivity contribution in [3.63, 3.8) is 0 Å². The summed E-state index contributed by atoms with van der Waals surface area (Å²) in [6.45, 7) is 2.17. The Morgan fingerprint density at radius 2 is 2.18 bits per heavy atom. The Hall–Kier alpha value is -1.08. The van der Waals surface area contributed by atoms with Crippen LogP contribution in [0.3, 0.4) is 0 Å². The number of nitrogen functional groups attached to an aromatic ring is 1. The molecule has 1 aliphatic carbocycles. The summed E-state index contributed by atoms with van der Waals surface area (Å²) in [7, 11) is -1.85. The zero-order valence-corrected chi connectivity index (χ0v) is 10.9. The predicted octanol–water partition coefficient (Wildman–Crippen LogP) is 0.389. The van der Waals surface area contributed by atoms with E-state index in [0.717, 1.165) is 6.42 Å². The summed E-state index contributed by atoms with van der Waals surface area (Å²) in [4.78, 5) is 0.107. The van der Waals surface area contributed by atoms with Crippen LogP contribution in [-0.2, 0) is 17.1 Å². The second-order valence-corrected chi connectivity index (χ2v) is 6.26. The fourth-order valence-corrected chi connectivity index (χ4v) is 3.19. The van der Waals surface area contributed by atoms with Gasteiger partial charge >= 0.3 is 0 Å². The normalized spacial score (nSPS) is 16.4. The molecule has 2 rings (SSSR count). The molecule has 7 heteroatoms. The Bertz CT molecular complexity index is 517. The molecular weight excluding hydrogens is 240 g/mol. The zero-order chi connectivity index (χ0) is 12.6. The Morgan fingerprint density at radius 1 is 1.53 bits per heavy atom. The molecule has 0 aliphatic heterocycles. The van der Waals surface area contributed by atoms with Gasteiger partial charge in [-0.05, 0) is 19.3 Å². The number of aromatic nitrogens is 2. The Balaban J connectivity index is 2.12. The van der Waals surface area contributed by atoms with Crippen molar-refractivity contribution < 1.29 is 8.42 Å². The van der Waals surface area contributed by atoms with Crippen LogP contribution in [0, 0.1) is 12.8 Å². The van der Waals surface area contributed by atoms with Crippen LogP contribution in [-0.4, -0.2) is 24.7 Å². The summed E-state index contributed by atoms with van der Waals surface area (Å²) in [6, 6.07) is 0. The zero-order valence-electron chi connectivity index (χ0n) is 10.1. The number of rotatable bonds is 5. The second kappa shape index (κ2) is 4.30. The van der Waals surface area contributed by atoms with E-state index >= 15 is 0 Å². The van der Waals surface area contributed by atoms with Crippen LogP contribution in [0.1, 0.15) is 25.0 Å². The van der Waals surface area contributed by atoms with Gasteiger partial charge < -0.3 is 5.73 Å². The Labute approximate surface area is 101 Å².